The number of aryl methyl sites for hydroxylation is 1. The van der Waals surface area contributed by atoms with E-state index in [9.17, 15) is 9.59 Å². The van der Waals surface area contributed by atoms with Gasteiger partial charge in [0.1, 0.15) is 5.82 Å². The maximum absolute atomic E-state index is 13.3. The maximum atomic E-state index is 13.3. The molecule has 1 unspecified atom stereocenters. The molecule has 0 radical (unpaired) electrons. The third kappa shape index (κ3) is 2.51. The largest absolute Gasteiger partial charge is 0.454 e. The molecule has 0 saturated heterocycles. The number of hydrogen-bond donors (Lipinski definition) is 1. The Labute approximate surface area is 159 Å². The Balaban J connectivity index is 1.59. The molecule has 9 nitrogen and oxygen atoms in total. The molecular weight excluding hydrogens is 362 g/mol. The molecule has 5 rings (SSSR count). The number of rotatable bonds is 3. The highest BCUT2D eigenvalue weighted by Gasteiger charge is 2.37. The van der Waals surface area contributed by atoms with Crippen LogP contribution in [0.25, 0.3) is 5.95 Å². The van der Waals surface area contributed by atoms with Crippen molar-refractivity contribution in [3.63, 3.8) is 0 Å². The van der Waals surface area contributed by atoms with Crippen LogP contribution < -0.4 is 14.8 Å². The molecule has 0 fully saturated rings. The molecule has 1 amide bonds. The minimum Gasteiger partial charge on any atom is -0.454 e. The number of fused-ring (bicyclic) bond motifs is 2. The van der Waals surface area contributed by atoms with E-state index in [0.29, 0.717) is 40.1 Å². The number of amides is 1. The van der Waals surface area contributed by atoms with Gasteiger partial charge in [-0.2, -0.15) is 9.78 Å². The molecule has 2 aliphatic heterocycles. The van der Waals surface area contributed by atoms with Crippen molar-refractivity contribution in [1.82, 2.24) is 19.7 Å². The van der Waals surface area contributed by atoms with Gasteiger partial charge >= 0.3 is 0 Å². The van der Waals surface area contributed by atoms with Gasteiger partial charge in [0.05, 0.1) is 11.6 Å². The first-order valence-electron chi connectivity index (χ1n) is 8.72. The monoisotopic (exact) mass is 377 g/mol. The highest BCUT2D eigenvalue weighted by atomic mass is 16.7. The second kappa shape index (κ2) is 6.15. The van der Waals surface area contributed by atoms with Crippen LogP contribution in [0.3, 0.4) is 0 Å². The fraction of sp³-hybridized carbons (Fsp3) is 0.211. The van der Waals surface area contributed by atoms with E-state index >= 15 is 0 Å². The van der Waals surface area contributed by atoms with Crippen molar-refractivity contribution in [2.45, 2.75) is 19.3 Å². The van der Waals surface area contributed by atoms with Crippen LogP contribution in [-0.2, 0) is 4.79 Å². The Bertz CT molecular complexity index is 1110. The summed E-state index contributed by atoms with van der Waals surface area (Å²) in [5.74, 6) is 0.791. The fourth-order valence-corrected chi connectivity index (χ4v) is 3.57. The zero-order valence-electron chi connectivity index (χ0n) is 14.9. The van der Waals surface area contributed by atoms with Crippen molar-refractivity contribution in [3.8, 4) is 17.4 Å². The van der Waals surface area contributed by atoms with Gasteiger partial charge in [0, 0.05) is 29.9 Å². The number of nitrogens with one attached hydrogen (secondary N) is 1. The third-order valence-corrected chi connectivity index (χ3v) is 4.82. The molecule has 2 aliphatic rings. The van der Waals surface area contributed by atoms with Gasteiger partial charge in [-0.3, -0.25) is 9.59 Å². The summed E-state index contributed by atoms with van der Waals surface area (Å²) in [6.45, 7) is 1.93. The Hall–Kier alpha value is -3.75. The molecule has 140 valence electrons. The van der Waals surface area contributed by atoms with E-state index in [1.807, 2.05) is 0 Å². The highest BCUT2D eigenvalue weighted by molar-refractivity contribution is 6.08. The van der Waals surface area contributed by atoms with E-state index in [1.165, 1.54) is 4.68 Å². The average molecular weight is 377 g/mol. The number of hydrogen-bond acceptors (Lipinski definition) is 7. The summed E-state index contributed by atoms with van der Waals surface area (Å²) >= 11 is 0. The Morgan fingerprint density at radius 1 is 1.21 bits per heavy atom. The van der Waals surface area contributed by atoms with Crippen LogP contribution in [0.5, 0.6) is 11.5 Å². The molecule has 3 aromatic rings. The number of carbonyl (C=O) groups excluding carboxylic acids is 2. The summed E-state index contributed by atoms with van der Waals surface area (Å²) in [4.78, 5) is 34.0. The number of Topliss-reactive ketones (excluding diaryl/α,β-unsaturated/α-hetero) is 1. The van der Waals surface area contributed by atoms with Crippen LogP contribution in [0.15, 0.2) is 36.7 Å². The lowest BCUT2D eigenvalue weighted by Gasteiger charge is -2.23. The maximum Gasteiger partial charge on any atom is 0.252 e. The topological polar surface area (TPSA) is 108 Å². The first-order chi connectivity index (χ1) is 13.6. The average Bonchev–Trinajstić information content (AvgIpc) is 3.31. The minimum absolute atomic E-state index is 0.0441. The van der Waals surface area contributed by atoms with Crippen LogP contribution in [0.2, 0.25) is 0 Å². The lowest BCUT2D eigenvalue weighted by molar-refractivity contribution is -0.116. The van der Waals surface area contributed by atoms with Crippen LogP contribution in [0.4, 0.5) is 5.82 Å². The SMILES string of the molecule is Cc1nn(-c2ncccn2)c2c1C(C(=O)c1ccc3c(c1)OCO3)CC(=O)N2. The predicted octanol–water partition coefficient (Wildman–Crippen LogP) is 2.01. The summed E-state index contributed by atoms with van der Waals surface area (Å²) in [5.41, 5.74) is 1.77. The summed E-state index contributed by atoms with van der Waals surface area (Å²) in [6.07, 6.45) is 3.22. The van der Waals surface area contributed by atoms with E-state index in [1.54, 1.807) is 43.6 Å². The molecule has 1 aromatic carbocycles. The van der Waals surface area contributed by atoms with Crippen molar-refractivity contribution >= 4 is 17.5 Å². The molecule has 0 aliphatic carbocycles. The number of anilines is 1. The van der Waals surface area contributed by atoms with Gasteiger partial charge in [-0.05, 0) is 31.2 Å². The van der Waals surface area contributed by atoms with Gasteiger partial charge in [-0.25, -0.2) is 9.97 Å². The molecule has 0 saturated carbocycles. The van der Waals surface area contributed by atoms with Crippen molar-refractivity contribution in [1.29, 1.82) is 0 Å². The van der Waals surface area contributed by atoms with Gasteiger partial charge in [-0.1, -0.05) is 0 Å². The van der Waals surface area contributed by atoms with E-state index in [0.717, 1.165) is 0 Å². The van der Waals surface area contributed by atoms with Gasteiger partial charge in [0.25, 0.3) is 5.95 Å². The van der Waals surface area contributed by atoms with Gasteiger partial charge in [-0.15, -0.1) is 0 Å². The number of carbonyl (C=O) groups is 2. The normalized spacial score (nSPS) is 17.2. The molecule has 1 atom stereocenters. The predicted molar refractivity (Wildman–Crippen MR) is 96.8 cm³/mol. The molecule has 28 heavy (non-hydrogen) atoms. The number of ketones is 1. The molecule has 0 spiro atoms. The molecule has 4 heterocycles. The van der Waals surface area contributed by atoms with Crippen LogP contribution in [-0.4, -0.2) is 38.2 Å². The number of ether oxygens (including phenoxy) is 2. The number of aromatic nitrogens is 4. The smallest absolute Gasteiger partial charge is 0.252 e. The van der Waals surface area contributed by atoms with E-state index in [2.05, 4.69) is 20.4 Å². The summed E-state index contributed by atoms with van der Waals surface area (Å²) in [5, 5.41) is 7.27. The second-order valence-electron chi connectivity index (χ2n) is 6.55. The van der Waals surface area contributed by atoms with E-state index in [4.69, 9.17) is 9.47 Å². The van der Waals surface area contributed by atoms with Gasteiger partial charge in [0.15, 0.2) is 17.3 Å². The van der Waals surface area contributed by atoms with E-state index in [-0.39, 0.29) is 24.9 Å². The minimum atomic E-state index is -0.651. The van der Waals surface area contributed by atoms with Crippen LogP contribution in [0.1, 0.15) is 34.0 Å². The molecule has 2 aromatic heterocycles. The van der Waals surface area contributed by atoms with Crippen molar-refractivity contribution in [2.75, 3.05) is 12.1 Å². The summed E-state index contributed by atoms with van der Waals surface area (Å²) in [7, 11) is 0. The molecule has 0 bridgehead atoms. The lowest BCUT2D eigenvalue weighted by atomic mass is 9.85. The Morgan fingerprint density at radius 3 is 2.82 bits per heavy atom. The van der Waals surface area contributed by atoms with Crippen molar-refractivity contribution in [2.24, 2.45) is 0 Å². The van der Waals surface area contributed by atoms with Crippen molar-refractivity contribution in [3.05, 3.63) is 53.5 Å². The molecule has 1 N–H and O–H groups in total. The van der Waals surface area contributed by atoms with E-state index < -0.39 is 5.92 Å². The first kappa shape index (κ1) is 16.4. The third-order valence-electron chi connectivity index (χ3n) is 4.82. The standard InChI is InChI=1S/C19H15N5O4/c1-10-16-12(17(26)11-3-4-13-14(7-11)28-9-27-13)8-15(25)22-18(16)24(23-10)19-20-5-2-6-21-19/h2-7,12H,8-9H2,1H3,(H,22,25). The van der Waals surface area contributed by atoms with Gasteiger partial charge in [0.2, 0.25) is 12.7 Å². The van der Waals surface area contributed by atoms with Gasteiger partial charge < -0.3 is 14.8 Å². The Morgan fingerprint density at radius 2 is 2.00 bits per heavy atom. The Kier molecular flexibility index (Phi) is 3.61. The molecule has 9 heteroatoms. The quantitative estimate of drug-likeness (QED) is 0.696. The molecular formula is C19H15N5O4. The summed E-state index contributed by atoms with van der Waals surface area (Å²) < 4.78 is 12.1. The van der Waals surface area contributed by atoms with Crippen molar-refractivity contribution < 1.29 is 19.1 Å². The highest BCUT2D eigenvalue weighted by Crippen LogP contribution is 2.39. The zero-order chi connectivity index (χ0) is 19.3. The van der Waals surface area contributed by atoms with Crippen LogP contribution >= 0.6 is 0 Å². The fourth-order valence-electron chi connectivity index (χ4n) is 3.57. The zero-order valence-corrected chi connectivity index (χ0v) is 14.9. The lowest BCUT2D eigenvalue weighted by Crippen LogP contribution is -2.28. The summed E-state index contributed by atoms with van der Waals surface area (Å²) in [6, 6.07) is 6.73. The number of benzene rings is 1. The number of nitrogens with zero attached hydrogens (tertiary/aromatic N) is 4. The van der Waals surface area contributed by atoms with Crippen LogP contribution in [0, 0.1) is 6.92 Å². The first-order valence-corrected chi connectivity index (χ1v) is 8.72. The second-order valence-corrected chi connectivity index (χ2v) is 6.55.